The van der Waals surface area contributed by atoms with Gasteiger partial charge in [0.15, 0.2) is 0 Å². The molecule has 0 saturated heterocycles. The SMILES string of the molecule is C=CCCC(=O)Nc1cc(C(=O)Nc2cccc(C(C)=N)n2)c(F)cc1F.CC.CC.CC.CC(C)(N)COC(C)(C)C.CC(C)C.CC=N.CN. The lowest BCUT2D eigenvalue weighted by atomic mass is 10.1. The Labute approximate surface area is 316 Å². The van der Waals surface area contributed by atoms with Crippen LogP contribution in [0, 0.1) is 28.4 Å². The smallest absolute Gasteiger partial charge is 0.259 e. The third-order valence-corrected chi connectivity index (χ3v) is 4.40. The highest BCUT2D eigenvalue weighted by atomic mass is 19.1. The number of carbonyl (C=O) groups excluding carboxylic acids is 2. The zero-order chi connectivity index (χ0) is 42.7. The number of hydrogen-bond acceptors (Lipinski definition) is 8. The van der Waals surface area contributed by atoms with E-state index in [0.29, 0.717) is 24.8 Å². The third-order valence-electron chi connectivity index (χ3n) is 4.40. The summed E-state index contributed by atoms with van der Waals surface area (Å²) in [4.78, 5) is 28.1. The van der Waals surface area contributed by atoms with E-state index in [1.807, 2.05) is 76.2 Å². The first kappa shape index (κ1) is 60.2. The van der Waals surface area contributed by atoms with Gasteiger partial charge < -0.3 is 37.7 Å². The van der Waals surface area contributed by atoms with Gasteiger partial charge in [-0.1, -0.05) is 74.5 Å². The van der Waals surface area contributed by atoms with Gasteiger partial charge in [-0.15, -0.1) is 6.58 Å². The van der Waals surface area contributed by atoms with E-state index in [-0.39, 0.29) is 34.8 Å². The van der Waals surface area contributed by atoms with Gasteiger partial charge in [-0.05, 0) is 92.3 Å². The Kier molecular flexibility index (Phi) is 42.7. The van der Waals surface area contributed by atoms with E-state index in [2.05, 4.69) is 48.7 Å². The Balaban J connectivity index is -0.000000175. The molecule has 10 nitrogen and oxygen atoms in total. The van der Waals surface area contributed by atoms with Crippen molar-refractivity contribution in [2.45, 2.75) is 135 Å². The zero-order valence-corrected chi connectivity index (χ0v) is 35.5. The average Bonchev–Trinajstić information content (AvgIpc) is 3.07. The molecule has 0 saturated carbocycles. The minimum absolute atomic E-state index is 0.0728. The molecule has 0 aliphatic rings. The number of ether oxygens (including phenoxy) is 1. The maximum atomic E-state index is 14.0. The average molecular weight is 740 g/mol. The molecule has 0 atom stereocenters. The molecule has 1 heterocycles. The van der Waals surface area contributed by atoms with Crippen LogP contribution in [0.15, 0.2) is 43.0 Å². The Morgan fingerprint density at radius 3 is 1.79 bits per heavy atom. The van der Waals surface area contributed by atoms with E-state index >= 15 is 0 Å². The predicted molar refractivity (Wildman–Crippen MR) is 222 cm³/mol. The molecular weight excluding hydrogens is 664 g/mol. The van der Waals surface area contributed by atoms with Gasteiger partial charge >= 0.3 is 0 Å². The van der Waals surface area contributed by atoms with Crippen molar-refractivity contribution in [3.63, 3.8) is 0 Å². The van der Waals surface area contributed by atoms with Crippen LogP contribution in [0.4, 0.5) is 20.3 Å². The summed E-state index contributed by atoms with van der Waals surface area (Å²) >= 11 is 0. The van der Waals surface area contributed by atoms with Crippen LogP contribution in [0.3, 0.4) is 0 Å². The van der Waals surface area contributed by atoms with Gasteiger partial charge in [0.05, 0.1) is 34.9 Å². The van der Waals surface area contributed by atoms with Crippen molar-refractivity contribution < 1.29 is 23.1 Å². The second kappa shape index (κ2) is 36.9. The number of pyridine rings is 1. The molecular formula is C40H75F2N7O3. The molecule has 1 aromatic carbocycles. The zero-order valence-electron chi connectivity index (χ0n) is 35.5. The minimum atomic E-state index is -1.08. The first-order valence-electron chi connectivity index (χ1n) is 17.9. The molecule has 0 bridgehead atoms. The summed E-state index contributed by atoms with van der Waals surface area (Å²) in [5, 5.41) is 18.3. The molecule has 12 heteroatoms. The number of rotatable bonds is 9. The molecule has 302 valence electrons. The maximum absolute atomic E-state index is 14.0. The number of benzene rings is 1. The van der Waals surface area contributed by atoms with Crippen molar-refractivity contribution in [1.29, 1.82) is 10.8 Å². The van der Waals surface area contributed by atoms with E-state index in [0.717, 1.165) is 12.0 Å². The van der Waals surface area contributed by atoms with Gasteiger partial charge in [-0.3, -0.25) is 9.59 Å². The fraction of sp³-hybridized carbons (Fsp3) is 0.575. The number of nitrogens with two attached hydrogens (primary N) is 2. The number of nitrogens with one attached hydrogen (secondary N) is 4. The fourth-order valence-electron chi connectivity index (χ4n) is 2.56. The molecule has 52 heavy (non-hydrogen) atoms. The number of nitrogens with zero attached hydrogens (tertiary/aromatic N) is 1. The largest absolute Gasteiger partial charge is 0.374 e. The van der Waals surface area contributed by atoms with Crippen LogP contribution in [0.5, 0.6) is 0 Å². The molecule has 0 unspecified atom stereocenters. The van der Waals surface area contributed by atoms with Gasteiger partial charge in [0.2, 0.25) is 5.91 Å². The summed E-state index contributed by atoms with van der Waals surface area (Å²) < 4.78 is 33.4. The van der Waals surface area contributed by atoms with Crippen molar-refractivity contribution >= 4 is 35.2 Å². The molecule has 8 N–H and O–H groups in total. The van der Waals surface area contributed by atoms with E-state index in [1.165, 1.54) is 32.3 Å². The van der Waals surface area contributed by atoms with Crippen LogP contribution in [0.1, 0.15) is 140 Å². The van der Waals surface area contributed by atoms with Crippen LogP contribution in [-0.4, -0.2) is 53.5 Å². The summed E-state index contributed by atoms with van der Waals surface area (Å²) in [6.45, 7) is 35.8. The fourth-order valence-corrected chi connectivity index (χ4v) is 2.56. The molecule has 2 rings (SSSR count). The first-order chi connectivity index (χ1) is 24.2. The monoisotopic (exact) mass is 740 g/mol. The number of amides is 2. The Morgan fingerprint density at radius 2 is 1.42 bits per heavy atom. The number of carbonyl (C=O) groups is 2. The first-order valence-corrected chi connectivity index (χ1v) is 17.9. The van der Waals surface area contributed by atoms with Crippen molar-refractivity contribution in [3.8, 4) is 0 Å². The Hall–Kier alpha value is -3.87. The van der Waals surface area contributed by atoms with E-state index in [1.54, 1.807) is 19.1 Å². The van der Waals surface area contributed by atoms with E-state index in [4.69, 9.17) is 21.3 Å². The highest BCUT2D eigenvalue weighted by Gasteiger charge is 2.19. The summed E-state index contributed by atoms with van der Waals surface area (Å²) in [7, 11) is 1.50. The Bertz CT molecular complexity index is 1210. The maximum Gasteiger partial charge on any atom is 0.259 e. The third kappa shape index (κ3) is 38.9. The lowest BCUT2D eigenvalue weighted by Gasteiger charge is -2.26. The summed E-state index contributed by atoms with van der Waals surface area (Å²) in [5.74, 6) is -2.46. The summed E-state index contributed by atoms with van der Waals surface area (Å²) in [6, 6.07) is 6.11. The van der Waals surface area contributed by atoms with Crippen LogP contribution in [0.2, 0.25) is 0 Å². The van der Waals surface area contributed by atoms with E-state index in [9.17, 15) is 18.4 Å². The molecule has 1 aromatic heterocycles. The van der Waals surface area contributed by atoms with Gasteiger partial charge in [0, 0.05) is 18.0 Å². The van der Waals surface area contributed by atoms with Gasteiger partial charge in [-0.25, -0.2) is 13.8 Å². The lowest BCUT2D eigenvalue weighted by molar-refractivity contribution is -0.116. The quantitative estimate of drug-likeness (QED) is 0.110. The topological polar surface area (TPSA) is 180 Å². The number of hydrogen-bond donors (Lipinski definition) is 6. The van der Waals surface area contributed by atoms with Gasteiger partial charge in [0.1, 0.15) is 17.5 Å². The molecule has 0 aliphatic heterocycles. The molecule has 2 aromatic rings. The van der Waals surface area contributed by atoms with Gasteiger partial charge in [0.25, 0.3) is 5.91 Å². The normalized spacial score (nSPS) is 9.35. The summed E-state index contributed by atoms with van der Waals surface area (Å²) in [5.41, 5.74) is 9.73. The lowest BCUT2D eigenvalue weighted by Crippen LogP contribution is -2.40. The minimum Gasteiger partial charge on any atom is -0.374 e. The van der Waals surface area contributed by atoms with Gasteiger partial charge in [-0.2, -0.15) is 0 Å². The van der Waals surface area contributed by atoms with Crippen molar-refractivity contribution in [2.24, 2.45) is 17.4 Å². The number of aromatic nitrogens is 1. The molecule has 0 spiro atoms. The standard InChI is InChI=1S/C19H18F2N4O2.C8H19NO.C4H10.C2H5N.3C2H6.CH5N/c1-3-4-8-18(26)24-16-9-12(13(20)10-14(16)21)19(27)25-17-7-5-6-15(23-17)11(2)22;1-7(2,3)10-6-8(4,5)9;1-4(2)3;1-2-3;4*1-2/h3,5-7,9-10,22H,1,4,8H2,2H3,(H,24,26)(H,23,25,27);6,9H2,1-5H3;4H,1-3H3;2-3H,1H3;3*1-2H3;2H2,1H3. The number of anilines is 2. The highest BCUT2D eigenvalue weighted by Crippen LogP contribution is 2.21. The van der Waals surface area contributed by atoms with E-state index < -0.39 is 29.0 Å². The second-order valence-corrected chi connectivity index (χ2v) is 12.1. The van der Waals surface area contributed by atoms with Crippen LogP contribution in [0.25, 0.3) is 0 Å². The molecule has 2 amide bonds. The van der Waals surface area contributed by atoms with Crippen molar-refractivity contribution in [1.82, 2.24) is 4.98 Å². The highest BCUT2D eigenvalue weighted by molar-refractivity contribution is 6.05. The molecule has 0 radical (unpaired) electrons. The second-order valence-electron chi connectivity index (χ2n) is 12.1. The van der Waals surface area contributed by atoms with Crippen LogP contribution >= 0.6 is 0 Å². The van der Waals surface area contributed by atoms with Crippen LogP contribution in [-0.2, 0) is 9.53 Å². The predicted octanol–water partition coefficient (Wildman–Crippen LogP) is 10.4. The molecule has 0 fully saturated rings. The van der Waals surface area contributed by atoms with Crippen LogP contribution < -0.4 is 22.1 Å². The Morgan fingerprint density at radius 1 is 0.962 bits per heavy atom. The molecule has 0 aliphatic carbocycles. The van der Waals surface area contributed by atoms with Crippen molar-refractivity contribution in [3.05, 3.63) is 65.9 Å². The summed E-state index contributed by atoms with van der Waals surface area (Å²) in [6.07, 6.45) is 3.27. The number of allylic oxidation sites excluding steroid dienone is 1. The van der Waals surface area contributed by atoms with Crippen molar-refractivity contribution in [2.75, 3.05) is 24.3 Å². The number of halogens is 2.